The summed E-state index contributed by atoms with van der Waals surface area (Å²) in [6.45, 7) is 1.92. The first-order chi connectivity index (χ1) is 22.1. The molecule has 5 aromatic rings. The molecule has 2 heterocycles. The van der Waals surface area contributed by atoms with E-state index in [1.807, 2.05) is 7.05 Å². The maximum absolute atomic E-state index is 15.9. The van der Waals surface area contributed by atoms with Gasteiger partial charge in [0.25, 0.3) is 11.8 Å². The number of aryl methyl sites for hydroxylation is 1. The molecule has 4 N–H and O–H groups in total. The number of nitrogen functional groups attached to an aromatic ring is 1. The summed E-state index contributed by atoms with van der Waals surface area (Å²) >= 11 is 0. The van der Waals surface area contributed by atoms with Crippen LogP contribution in [0.4, 0.5) is 8.78 Å². The van der Waals surface area contributed by atoms with E-state index < -0.39 is 40.9 Å². The molecule has 0 aliphatic heterocycles. The third-order valence-electron chi connectivity index (χ3n) is 6.38. The summed E-state index contributed by atoms with van der Waals surface area (Å²) in [4.78, 5) is 19.8. The number of ether oxygens (including phenoxy) is 4. The number of phenols is 1. The van der Waals surface area contributed by atoms with Crippen molar-refractivity contribution in [2.45, 2.75) is 6.92 Å². The summed E-state index contributed by atoms with van der Waals surface area (Å²) in [7, 11) is 1.81. The number of esters is 1. The Morgan fingerprint density at radius 1 is 1.00 bits per heavy atom. The Hall–Kier alpha value is -6.24. The fourth-order valence-corrected chi connectivity index (χ4v) is 4.15. The molecular formula is C33H27F2N5O6. The number of aromatic hydroxyl groups is 1. The monoisotopic (exact) mass is 627 g/mol. The van der Waals surface area contributed by atoms with Gasteiger partial charge >= 0.3 is 5.97 Å². The van der Waals surface area contributed by atoms with Crippen LogP contribution in [-0.2, 0) is 16.6 Å². The van der Waals surface area contributed by atoms with Crippen LogP contribution in [0.15, 0.2) is 85.2 Å². The van der Waals surface area contributed by atoms with Gasteiger partial charge in [0.2, 0.25) is 17.4 Å². The van der Waals surface area contributed by atoms with Gasteiger partial charge in [-0.15, -0.1) is 0 Å². The van der Waals surface area contributed by atoms with Crippen LogP contribution in [0.1, 0.15) is 18.1 Å². The lowest BCUT2D eigenvalue weighted by Gasteiger charge is -2.15. The van der Waals surface area contributed by atoms with Gasteiger partial charge in [0.05, 0.1) is 6.61 Å². The van der Waals surface area contributed by atoms with Crippen molar-refractivity contribution in [2.75, 3.05) is 6.61 Å². The zero-order chi connectivity index (χ0) is 32.8. The molecule has 0 radical (unpaired) electrons. The third-order valence-corrected chi connectivity index (χ3v) is 6.38. The zero-order valence-electron chi connectivity index (χ0n) is 24.5. The van der Waals surface area contributed by atoms with Crippen molar-refractivity contribution in [2.24, 2.45) is 12.8 Å². The predicted molar refractivity (Wildman–Crippen MR) is 164 cm³/mol. The fraction of sp³-hybridized carbons (Fsp3) is 0.0909. The number of rotatable bonds is 11. The molecule has 0 fully saturated rings. The summed E-state index contributed by atoms with van der Waals surface area (Å²) in [6, 6.07) is 16.3. The van der Waals surface area contributed by atoms with E-state index in [9.17, 15) is 9.90 Å². The SMILES string of the molecule is CCOC(=O)/C=C/c1ccc(Oc2c(F)c(Oc3cccc(-c4nccn4C)c3)nc(Oc3cc(C(=N)N)ccc3O)c2F)cc1. The van der Waals surface area contributed by atoms with E-state index in [1.165, 1.54) is 42.5 Å². The summed E-state index contributed by atoms with van der Waals surface area (Å²) in [5, 5.41) is 18.0. The van der Waals surface area contributed by atoms with E-state index in [0.717, 1.165) is 0 Å². The molecule has 5 rings (SSSR count). The Labute approximate surface area is 261 Å². The van der Waals surface area contributed by atoms with E-state index in [0.29, 0.717) is 17.0 Å². The molecule has 0 bridgehead atoms. The van der Waals surface area contributed by atoms with Crippen molar-refractivity contribution < 1.29 is 37.6 Å². The quantitative estimate of drug-likeness (QED) is 0.0628. The number of carbonyl (C=O) groups is 1. The Morgan fingerprint density at radius 3 is 2.41 bits per heavy atom. The second-order valence-electron chi connectivity index (χ2n) is 9.63. The molecule has 0 aliphatic rings. The smallest absolute Gasteiger partial charge is 0.330 e. The molecule has 3 aromatic carbocycles. The molecule has 0 spiro atoms. The van der Waals surface area contributed by atoms with Crippen molar-refractivity contribution in [3.8, 4) is 51.9 Å². The highest BCUT2D eigenvalue weighted by molar-refractivity contribution is 5.95. The molecule has 2 aromatic heterocycles. The Morgan fingerprint density at radius 2 is 1.74 bits per heavy atom. The van der Waals surface area contributed by atoms with E-state index in [2.05, 4.69) is 9.97 Å². The van der Waals surface area contributed by atoms with Crippen LogP contribution >= 0.6 is 0 Å². The molecule has 0 unspecified atom stereocenters. The van der Waals surface area contributed by atoms with Crippen LogP contribution in [0.25, 0.3) is 17.5 Å². The highest BCUT2D eigenvalue weighted by atomic mass is 19.1. The third kappa shape index (κ3) is 7.10. The predicted octanol–water partition coefficient (Wildman–Crippen LogP) is 6.70. The molecule has 0 aliphatic carbocycles. The summed E-state index contributed by atoms with van der Waals surface area (Å²) in [5.74, 6) is -5.80. The second kappa shape index (κ2) is 13.6. The van der Waals surface area contributed by atoms with Crippen LogP contribution in [0.3, 0.4) is 0 Å². The van der Waals surface area contributed by atoms with Gasteiger partial charge in [-0.05, 0) is 61.0 Å². The molecule has 11 nitrogen and oxygen atoms in total. The number of halogens is 2. The number of benzene rings is 3. The molecule has 13 heteroatoms. The lowest BCUT2D eigenvalue weighted by Crippen LogP contribution is -2.11. The first-order valence-corrected chi connectivity index (χ1v) is 13.8. The average molecular weight is 628 g/mol. The number of nitrogens with zero attached hydrogens (tertiary/aromatic N) is 3. The largest absolute Gasteiger partial charge is 0.504 e. The molecule has 0 atom stereocenters. The number of nitrogens with one attached hydrogen (secondary N) is 1. The first kappa shape index (κ1) is 31.2. The Kier molecular flexibility index (Phi) is 9.22. The van der Waals surface area contributed by atoms with Gasteiger partial charge < -0.3 is 34.4 Å². The standard InChI is InChI=1S/C33H27F2N5O6/c1-3-43-26(42)14-9-19-7-11-22(12-8-19)44-29-27(34)32(45-23-6-4-5-21(17-23)31-38-15-16-40(31)2)39-33(28(29)35)46-25-18-20(30(36)37)10-13-24(25)41/h4-18,41H,3H2,1-2H3,(H3,36,37)/b14-9+. The van der Waals surface area contributed by atoms with Gasteiger partial charge in [0, 0.05) is 36.6 Å². The number of amidine groups is 1. The van der Waals surface area contributed by atoms with Crippen molar-refractivity contribution in [1.29, 1.82) is 5.41 Å². The van der Waals surface area contributed by atoms with Gasteiger partial charge in [0.15, 0.2) is 11.5 Å². The van der Waals surface area contributed by atoms with E-state index >= 15 is 8.78 Å². The van der Waals surface area contributed by atoms with Gasteiger partial charge in [-0.2, -0.15) is 13.8 Å². The fourth-order valence-electron chi connectivity index (χ4n) is 4.15. The van der Waals surface area contributed by atoms with Crippen LogP contribution < -0.4 is 19.9 Å². The summed E-state index contributed by atoms with van der Waals surface area (Å²) in [5.41, 5.74) is 6.97. The maximum atomic E-state index is 15.9. The lowest BCUT2D eigenvalue weighted by molar-refractivity contribution is -0.137. The number of carbonyl (C=O) groups excluding carboxylic acids is 1. The lowest BCUT2D eigenvalue weighted by atomic mass is 10.2. The zero-order valence-corrected chi connectivity index (χ0v) is 24.5. The van der Waals surface area contributed by atoms with E-state index in [1.54, 1.807) is 60.3 Å². The maximum Gasteiger partial charge on any atom is 0.330 e. The van der Waals surface area contributed by atoms with Gasteiger partial charge in [-0.3, -0.25) is 5.41 Å². The Bertz CT molecular complexity index is 1940. The normalized spacial score (nSPS) is 11.0. The first-order valence-electron chi connectivity index (χ1n) is 13.8. The summed E-state index contributed by atoms with van der Waals surface area (Å²) < 4.78 is 55.3. The van der Waals surface area contributed by atoms with Gasteiger partial charge in [-0.25, -0.2) is 9.78 Å². The molecule has 46 heavy (non-hydrogen) atoms. The van der Waals surface area contributed by atoms with Crippen molar-refractivity contribution in [1.82, 2.24) is 14.5 Å². The minimum Gasteiger partial charge on any atom is -0.504 e. The number of phenolic OH excluding ortho intramolecular Hbond substituents is 1. The minimum absolute atomic E-state index is 0.0346. The van der Waals surface area contributed by atoms with Gasteiger partial charge in [-0.1, -0.05) is 24.3 Å². The molecular weight excluding hydrogens is 600 g/mol. The molecule has 0 saturated heterocycles. The number of pyridine rings is 1. The highest BCUT2D eigenvalue weighted by Gasteiger charge is 2.27. The number of imidazole rings is 1. The topological polar surface area (TPSA) is 155 Å². The number of nitrogens with two attached hydrogens (primary N) is 1. The van der Waals surface area contributed by atoms with Gasteiger partial charge in [0.1, 0.15) is 23.2 Å². The highest BCUT2D eigenvalue weighted by Crippen LogP contribution is 2.41. The summed E-state index contributed by atoms with van der Waals surface area (Å²) in [6.07, 6.45) is 6.14. The van der Waals surface area contributed by atoms with Crippen LogP contribution in [0, 0.1) is 17.0 Å². The van der Waals surface area contributed by atoms with E-state index in [4.69, 9.17) is 30.1 Å². The Balaban J connectivity index is 1.52. The van der Waals surface area contributed by atoms with Crippen LogP contribution in [0.5, 0.6) is 40.5 Å². The molecule has 0 amide bonds. The second-order valence-corrected chi connectivity index (χ2v) is 9.63. The minimum atomic E-state index is -1.34. The molecule has 234 valence electrons. The van der Waals surface area contributed by atoms with Crippen LogP contribution in [0.2, 0.25) is 0 Å². The number of hydrogen-bond acceptors (Lipinski definition) is 9. The molecule has 0 saturated carbocycles. The van der Waals surface area contributed by atoms with E-state index in [-0.39, 0.29) is 35.3 Å². The van der Waals surface area contributed by atoms with Crippen molar-refractivity contribution in [3.63, 3.8) is 0 Å². The van der Waals surface area contributed by atoms with Crippen molar-refractivity contribution >= 4 is 17.9 Å². The number of aromatic nitrogens is 3. The van der Waals surface area contributed by atoms with Crippen LogP contribution in [-0.4, -0.2) is 38.1 Å². The number of hydrogen-bond donors (Lipinski definition) is 3. The van der Waals surface area contributed by atoms with Crippen molar-refractivity contribution in [3.05, 3.63) is 108 Å². The average Bonchev–Trinajstić information content (AvgIpc) is 3.48.